The lowest BCUT2D eigenvalue weighted by Gasteiger charge is -2.20. The molecule has 138 valence electrons. The smallest absolute Gasteiger partial charge is 0.253 e. The van der Waals surface area contributed by atoms with E-state index in [1.165, 1.54) is 24.3 Å². The van der Waals surface area contributed by atoms with Gasteiger partial charge in [0.15, 0.2) is 0 Å². The van der Waals surface area contributed by atoms with E-state index in [4.69, 9.17) is 11.6 Å². The normalized spacial score (nSPS) is 12.3. The standard InChI is InChI=1S/C17H39N5O/c1-3-5-6-10-16(18)17(23)22(19)15-9-14-21-13-8-7-12-20-11-4-2/h16,20-21H,3-15,18-19H2,1-2H3. The van der Waals surface area contributed by atoms with Crippen LogP contribution >= 0.6 is 0 Å². The molecule has 0 aliphatic heterocycles. The highest BCUT2D eigenvalue weighted by molar-refractivity contribution is 5.80. The summed E-state index contributed by atoms with van der Waals surface area (Å²) in [5.74, 6) is 5.66. The van der Waals surface area contributed by atoms with E-state index in [-0.39, 0.29) is 5.91 Å². The van der Waals surface area contributed by atoms with Crippen molar-refractivity contribution in [2.45, 2.75) is 71.3 Å². The molecule has 1 amide bonds. The Kier molecular flexibility index (Phi) is 15.7. The topological polar surface area (TPSA) is 96.4 Å². The first-order chi connectivity index (χ1) is 11.1. The SMILES string of the molecule is CCCCCC(N)C(=O)N(N)CCCNCCCCNCCC. The van der Waals surface area contributed by atoms with E-state index >= 15 is 0 Å². The van der Waals surface area contributed by atoms with Crippen LogP contribution in [0.15, 0.2) is 0 Å². The highest BCUT2D eigenvalue weighted by Gasteiger charge is 2.17. The molecule has 0 aliphatic rings. The molecular formula is C17H39N5O. The lowest BCUT2D eigenvalue weighted by molar-refractivity contribution is -0.133. The molecule has 1 unspecified atom stereocenters. The molecule has 0 aliphatic carbocycles. The van der Waals surface area contributed by atoms with Gasteiger partial charge in [-0.3, -0.25) is 9.80 Å². The summed E-state index contributed by atoms with van der Waals surface area (Å²) in [7, 11) is 0. The fraction of sp³-hybridized carbons (Fsp3) is 0.941. The molecule has 0 radical (unpaired) electrons. The summed E-state index contributed by atoms with van der Waals surface area (Å²) in [5, 5.41) is 8.07. The monoisotopic (exact) mass is 329 g/mol. The van der Waals surface area contributed by atoms with Gasteiger partial charge in [-0.1, -0.05) is 33.1 Å². The van der Waals surface area contributed by atoms with Crippen LogP contribution in [-0.4, -0.2) is 49.7 Å². The minimum Gasteiger partial charge on any atom is -0.320 e. The van der Waals surface area contributed by atoms with Crippen LogP contribution in [0, 0.1) is 0 Å². The Balaban J connectivity index is 3.47. The van der Waals surface area contributed by atoms with Crippen LogP contribution in [0.5, 0.6) is 0 Å². The largest absolute Gasteiger partial charge is 0.320 e. The van der Waals surface area contributed by atoms with E-state index < -0.39 is 6.04 Å². The molecule has 0 saturated heterocycles. The zero-order chi connectivity index (χ0) is 17.3. The Morgan fingerprint density at radius 2 is 1.52 bits per heavy atom. The van der Waals surface area contributed by atoms with Gasteiger partial charge in [0.05, 0.1) is 6.04 Å². The zero-order valence-corrected chi connectivity index (χ0v) is 15.3. The van der Waals surface area contributed by atoms with Crippen molar-refractivity contribution in [3.8, 4) is 0 Å². The second-order valence-corrected chi connectivity index (χ2v) is 6.19. The van der Waals surface area contributed by atoms with Crippen molar-refractivity contribution in [3.63, 3.8) is 0 Å². The summed E-state index contributed by atoms with van der Waals surface area (Å²) in [6.07, 6.45) is 8.38. The Morgan fingerprint density at radius 3 is 2.13 bits per heavy atom. The van der Waals surface area contributed by atoms with Gasteiger partial charge in [0.25, 0.3) is 5.91 Å². The van der Waals surface area contributed by atoms with Gasteiger partial charge in [0, 0.05) is 6.54 Å². The molecule has 0 bridgehead atoms. The minimum atomic E-state index is -0.449. The van der Waals surface area contributed by atoms with E-state index in [9.17, 15) is 4.79 Å². The quantitative estimate of drug-likeness (QED) is 0.148. The zero-order valence-electron chi connectivity index (χ0n) is 15.3. The molecule has 6 N–H and O–H groups in total. The van der Waals surface area contributed by atoms with E-state index in [0.717, 1.165) is 58.3 Å². The third-order valence-electron chi connectivity index (χ3n) is 3.86. The molecule has 0 aromatic carbocycles. The second kappa shape index (κ2) is 16.2. The van der Waals surface area contributed by atoms with E-state index in [1.807, 2.05) is 0 Å². The summed E-state index contributed by atoms with van der Waals surface area (Å²) in [5.41, 5.74) is 5.89. The number of nitrogens with one attached hydrogen (secondary N) is 2. The molecule has 6 heteroatoms. The van der Waals surface area contributed by atoms with Gasteiger partial charge in [-0.05, 0) is 58.3 Å². The number of hydrazine groups is 1. The number of hydrogen-bond acceptors (Lipinski definition) is 5. The van der Waals surface area contributed by atoms with Gasteiger partial charge in [-0.25, -0.2) is 5.84 Å². The predicted octanol–water partition coefficient (Wildman–Crippen LogP) is 1.36. The molecule has 6 nitrogen and oxygen atoms in total. The van der Waals surface area contributed by atoms with Gasteiger partial charge in [-0.2, -0.15) is 0 Å². The second-order valence-electron chi connectivity index (χ2n) is 6.19. The number of unbranched alkanes of at least 4 members (excludes halogenated alkanes) is 3. The average molecular weight is 330 g/mol. The Labute approximate surface area is 142 Å². The minimum absolute atomic E-state index is 0.136. The van der Waals surface area contributed by atoms with E-state index in [0.29, 0.717) is 6.54 Å². The average Bonchev–Trinajstić information content (AvgIpc) is 2.55. The summed E-state index contributed by atoms with van der Waals surface area (Å²) >= 11 is 0. The number of nitrogens with zero attached hydrogens (tertiary/aromatic N) is 1. The molecule has 0 saturated carbocycles. The van der Waals surface area contributed by atoms with Crippen molar-refractivity contribution < 1.29 is 4.79 Å². The van der Waals surface area contributed by atoms with Crippen LogP contribution in [0.1, 0.15) is 65.2 Å². The van der Waals surface area contributed by atoms with Crippen molar-refractivity contribution >= 4 is 5.91 Å². The lowest BCUT2D eigenvalue weighted by Crippen LogP contribution is -2.48. The molecule has 23 heavy (non-hydrogen) atoms. The van der Waals surface area contributed by atoms with Gasteiger partial charge >= 0.3 is 0 Å². The van der Waals surface area contributed by atoms with Crippen molar-refractivity contribution in [2.75, 3.05) is 32.7 Å². The third-order valence-corrected chi connectivity index (χ3v) is 3.86. The Bertz CT molecular complexity index is 276. The Morgan fingerprint density at radius 1 is 0.913 bits per heavy atom. The van der Waals surface area contributed by atoms with Gasteiger partial charge < -0.3 is 16.4 Å². The van der Waals surface area contributed by atoms with Crippen LogP contribution in [-0.2, 0) is 4.79 Å². The highest BCUT2D eigenvalue weighted by Crippen LogP contribution is 2.03. The third kappa shape index (κ3) is 13.4. The van der Waals surface area contributed by atoms with Crippen LogP contribution < -0.4 is 22.2 Å². The van der Waals surface area contributed by atoms with Crippen molar-refractivity contribution in [2.24, 2.45) is 11.6 Å². The predicted molar refractivity (Wildman–Crippen MR) is 97.9 cm³/mol. The first-order valence-electron chi connectivity index (χ1n) is 9.36. The summed E-state index contributed by atoms with van der Waals surface area (Å²) in [6, 6.07) is -0.449. The molecule has 0 fully saturated rings. The fourth-order valence-electron chi connectivity index (χ4n) is 2.36. The Hall–Kier alpha value is -0.690. The number of hydrogen-bond donors (Lipinski definition) is 4. The van der Waals surface area contributed by atoms with Gasteiger partial charge in [0.1, 0.15) is 0 Å². The number of carbonyl (C=O) groups excluding carboxylic acids is 1. The lowest BCUT2D eigenvalue weighted by atomic mass is 10.1. The first kappa shape index (κ1) is 22.3. The van der Waals surface area contributed by atoms with Crippen LogP contribution in [0.2, 0.25) is 0 Å². The van der Waals surface area contributed by atoms with Crippen LogP contribution in [0.25, 0.3) is 0 Å². The number of carbonyl (C=O) groups is 1. The van der Waals surface area contributed by atoms with Gasteiger partial charge in [-0.15, -0.1) is 0 Å². The maximum absolute atomic E-state index is 12.0. The van der Waals surface area contributed by atoms with Crippen LogP contribution in [0.4, 0.5) is 0 Å². The molecule has 0 aromatic heterocycles. The van der Waals surface area contributed by atoms with Crippen LogP contribution in [0.3, 0.4) is 0 Å². The maximum atomic E-state index is 12.0. The molecule has 0 aromatic rings. The molecule has 0 rings (SSSR count). The molecular weight excluding hydrogens is 290 g/mol. The first-order valence-corrected chi connectivity index (χ1v) is 9.36. The van der Waals surface area contributed by atoms with Crippen molar-refractivity contribution in [1.29, 1.82) is 0 Å². The van der Waals surface area contributed by atoms with E-state index in [1.54, 1.807) is 0 Å². The number of amides is 1. The molecule has 0 spiro atoms. The summed E-state index contributed by atoms with van der Waals surface area (Å²) < 4.78 is 0. The fourth-order valence-corrected chi connectivity index (χ4v) is 2.36. The maximum Gasteiger partial charge on any atom is 0.253 e. The van der Waals surface area contributed by atoms with Crippen molar-refractivity contribution in [3.05, 3.63) is 0 Å². The van der Waals surface area contributed by atoms with E-state index in [2.05, 4.69) is 24.5 Å². The molecule has 1 atom stereocenters. The number of nitrogens with two attached hydrogens (primary N) is 2. The van der Waals surface area contributed by atoms with Gasteiger partial charge in [0.2, 0.25) is 0 Å². The highest BCUT2D eigenvalue weighted by atomic mass is 16.2. The number of rotatable bonds is 16. The summed E-state index contributed by atoms with van der Waals surface area (Å²) in [6.45, 7) is 8.98. The summed E-state index contributed by atoms with van der Waals surface area (Å²) in [4.78, 5) is 12.0. The van der Waals surface area contributed by atoms with Crippen molar-refractivity contribution in [1.82, 2.24) is 15.6 Å². The molecule has 0 heterocycles.